The maximum absolute atomic E-state index is 13.6. The molecule has 184 valence electrons. The van der Waals surface area contributed by atoms with Crippen LogP contribution in [-0.4, -0.2) is 44.4 Å². The molecule has 2 aromatic heterocycles. The second kappa shape index (κ2) is 9.25. The van der Waals surface area contributed by atoms with Crippen molar-refractivity contribution in [3.05, 3.63) is 69.0 Å². The second-order valence-corrected chi connectivity index (χ2v) is 10.9. The molecular formula is C26H24N4O4S2. The fraction of sp³-hybridized carbons (Fsp3) is 0.308. The molecule has 0 N–H and O–H groups in total. The number of rotatable bonds is 4. The molecule has 0 radical (unpaired) electrons. The Morgan fingerprint density at radius 1 is 1.19 bits per heavy atom. The number of carbonyl (C=O) groups excluding carboxylic acids is 1. The third-order valence-corrected chi connectivity index (χ3v) is 8.01. The van der Waals surface area contributed by atoms with Gasteiger partial charge in [-0.2, -0.15) is 0 Å². The molecule has 0 spiro atoms. The minimum Gasteiger partial charge on any atom is -0.454 e. The van der Waals surface area contributed by atoms with Gasteiger partial charge in [0, 0.05) is 19.3 Å². The van der Waals surface area contributed by atoms with E-state index in [1.807, 2.05) is 30.3 Å². The maximum Gasteiger partial charge on any atom is 0.267 e. The minimum absolute atomic E-state index is 0.191. The van der Waals surface area contributed by atoms with Crippen molar-refractivity contribution in [1.82, 2.24) is 14.3 Å². The summed E-state index contributed by atoms with van der Waals surface area (Å²) < 4.78 is 12.8. The normalized spacial score (nSPS) is 20.7. The molecule has 5 heterocycles. The highest BCUT2D eigenvalue weighted by Gasteiger charge is 2.33. The Hall–Kier alpha value is -3.37. The van der Waals surface area contributed by atoms with E-state index < -0.39 is 0 Å². The summed E-state index contributed by atoms with van der Waals surface area (Å²) in [6.45, 7) is 4.36. The fourth-order valence-corrected chi connectivity index (χ4v) is 6.07. The van der Waals surface area contributed by atoms with E-state index in [1.165, 1.54) is 16.2 Å². The first kappa shape index (κ1) is 23.1. The maximum atomic E-state index is 13.6. The average molecular weight is 521 g/mol. The Morgan fingerprint density at radius 3 is 2.92 bits per heavy atom. The Bertz CT molecular complexity index is 1480. The molecule has 3 aliphatic heterocycles. The standard InChI is InChI=1S/C26H24N4O4S2/c1-16-5-4-9-28(13-16)23-18(24(31)29-10-3-2-6-22(29)27-23)12-21-25(32)30(26(35)36-21)14-17-7-8-19-20(11-17)34-15-33-19/h2-3,6-8,10-12,16H,4-5,9,13-15H2,1H3/b21-12+/t16-/m0/s1. The lowest BCUT2D eigenvalue weighted by Gasteiger charge is -2.32. The Balaban J connectivity index is 1.37. The van der Waals surface area contributed by atoms with Gasteiger partial charge >= 0.3 is 0 Å². The summed E-state index contributed by atoms with van der Waals surface area (Å²) in [7, 11) is 0. The molecule has 36 heavy (non-hydrogen) atoms. The third-order valence-electron chi connectivity index (χ3n) is 6.63. The van der Waals surface area contributed by atoms with E-state index in [2.05, 4.69) is 11.8 Å². The highest BCUT2D eigenvalue weighted by molar-refractivity contribution is 8.26. The zero-order valence-electron chi connectivity index (χ0n) is 19.7. The Labute approximate surface area is 217 Å². The van der Waals surface area contributed by atoms with E-state index in [0.29, 0.717) is 50.2 Å². The molecule has 6 rings (SSSR count). The molecule has 0 unspecified atom stereocenters. The van der Waals surface area contributed by atoms with Crippen LogP contribution < -0.4 is 19.9 Å². The van der Waals surface area contributed by atoms with Crippen molar-refractivity contribution in [2.75, 3.05) is 24.8 Å². The van der Waals surface area contributed by atoms with E-state index in [1.54, 1.807) is 23.2 Å². The van der Waals surface area contributed by atoms with Crippen molar-refractivity contribution in [1.29, 1.82) is 0 Å². The minimum atomic E-state index is -0.224. The second-order valence-electron chi connectivity index (χ2n) is 9.23. The number of benzene rings is 1. The molecule has 3 aliphatic rings. The van der Waals surface area contributed by atoms with Crippen LogP contribution in [0.15, 0.2) is 52.3 Å². The number of ether oxygens (including phenoxy) is 2. The van der Waals surface area contributed by atoms with Crippen LogP contribution in [0.3, 0.4) is 0 Å². The van der Waals surface area contributed by atoms with Crippen LogP contribution in [0.2, 0.25) is 0 Å². The molecule has 0 aliphatic carbocycles. The SMILES string of the molecule is C[C@H]1CCCN(c2nc3ccccn3c(=O)c2/C=C2/SC(=S)N(Cc3ccc4c(c3)OCO4)C2=O)C1. The number of amides is 1. The molecule has 3 aromatic rings. The van der Waals surface area contributed by atoms with Crippen molar-refractivity contribution in [3.8, 4) is 11.5 Å². The van der Waals surface area contributed by atoms with Gasteiger partial charge in [0.15, 0.2) is 11.5 Å². The number of thiocarbonyl (C=S) groups is 1. The van der Waals surface area contributed by atoms with Crippen LogP contribution in [0, 0.1) is 5.92 Å². The van der Waals surface area contributed by atoms with Crippen LogP contribution in [0.5, 0.6) is 11.5 Å². The summed E-state index contributed by atoms with van der Waals surface area (Å²) >= 11 is 6.76. The molecule has 10 heteroatoms. The summed E-state index contributed by atoms with van der Waals surface area (Å²) in [6, 6.07) is 11.1. The number of aromatic nitrogens is 2. The molecule has 2 fully saturated rings. The van der Waals surface area contributed by atoms with Crippen LogP contribution >= 0.6 is 24.0 Å². The molecule has 1 aromatic carbocycles. The predicted molar refractivity (Wildman–Crippen MR) is 143 cm³/mol. The zero-order valence-corrected chi connectivity index (χ0v) is 21.3. The van der Waals surface area contributed by atoms with E-state index in [9.17, 15) is 9.59 Å². The number of fused-ring (bicyclic) bond motifs is 2. The van der Waals surface area contributed by atoms with Crippen LogP contribution in [-0.2, 0) is 11.3 Å². The van der Waals surface area contributed by atoms with Gasteiger partial charge in [0.25, 0.3) is 11.5 Å². The quantitative estimate of drug-likeness (QED) is 0.377. The molecule has 2 saturated heterocycles. The van der Waals surface area contributed by atoms with Crippen molar-refractivity contribution in [2.24, 2.45) is 5.92 Å². The highest BCUT2D eigenvalue weighted by Crippen LogP contribution is 2.37. The van der Waals surface area contributed by atoms with Gasteiger partial charge in [0.1, 0.15) is 15.8 Å². The summed E-state index contributed by atoms with van der Waals surface area (Å²) in [5, 5.41) is 0. The molecule has 1 atom stereocenters. The van der Waals surface area contributed by atoms with E-state index in [0.717, 1.165) is 31.5 Å². The molecule has 0 saturated carbocycles. The number of thioether (sulfide) groups is 1. The number of anilines is 1. The Kier molecular flexibility index (Phi) is 5.93. The van der Waals surface area contributed by atoms with Crippen LogP contribution in [0.4, 0.5) is 5.82 Å². The van der Waals surface area contributed by atoms with Gasteiger partial charge in [-0.15, -0.1) is 0 Å². The summed E-state index contributed by atoms with van der Waals surface area (Å²) in [4.78, 5) is 36.0. The third kappa shape index (κ3) is 4.14. The average Bonchev–Trinajstić information content (AvgIpc) is 3.45. The van der Waals surface area contributed by atoms with Crippen LogP contribution in [0.25, 0.3) is 11.7 Å². The number of nitrogens with zero attached hydrogens (tertiary/aromatic N) is 4. The van der Waals surface area contributed by atoms with Crippen molar-refractivity contribution in [2.45, 2.75) is 26.3 Å². The van der Waals surface area contributed by atoms with E-state index in [4.69, 9.17) is 26.7 Å². The van der Waals surface area contributed by atoms with Gasteiger partial charge in [-0.3, -0.25) is 18.9 Å². The van der Waals surface area contributed by atoms with Gasteiger partial charge in [0.05, 0.1) is 17.0 Å². The summed E-state index contributed by atoms with van der Waals surface area (Å²) in [5.41, 5.74) is 1.68. The van der Waals surface area contributed by atoms with Crippen LogP contribution in [0.1, 0.15) is 30.9 Å². The zero-order chi connectivity index (χ0) is 24.8. The smallest absolute Gasteiger partial charge is 0.267 e. The van der Waals surface area contributed by atoms with Crippen molar-refractivity contribution >= 4 is 51.7 Å². The van der Waals surface area contributed by atoms with Crippen molar-refractivity contribution in [3.63, 3.8) is 0 Å². The topological polar surface area (TPSA) is 76.4 Å². The van der Waals surface area contributed by atoms with E-state index in [-0.39, 0.29) is 18.3 Å². The lowest BCUT2D eigenvalue weighted by atomic mass is 10.00. The largest absolute Gasteiger partial charge is 0.454 e. The number of hydrogen-bond acceptors (Lipinski definition) is 8. The number of carbonyl (C=O) groups is 1. The monoisotopic (exact) mass is 520 g/mol. The van der Waals surface area contributed by atoms with Gasteiger partial charge in [-0.25, -0.2) is 4.98 Å². The molecule has 0 bridgehead atoms. The first-order valence-electron chi connectivity index (χ1n) is 11.9. The van der Waals surface area contributed by atoms with E-state index >= 15 is 0 Å². The summed E-state index contributed by atoms with van der Waals surface area (Å²) in [5.74, 6) is 2.25. The van der Waals surface area contributed by atoms with Gasteiger partial charge in [0.2, 0.25) is 6.79 Å². The van der Waals surface area contributed by atoms with Gasteiger partial charge < -0.3 is 14.4 Å². The van der Waals surface area contributed by atoms with Gasteiger partial charge in [-0.05, 0) is 54.7 Å². The predicted octanol–water partition coefficient (Wildman–Crippen LogP) is 4.06. The number of pyridine rings is 1. The lowest BCUT2D eigenvalue weighted by molar-refractivity contribution is -0.122. The molecular weight excluding hydrogens is 496 g/mol. The first-order chi connectivity index (χ1) is 17.5. The fourth-order valence-electron chi connectivity index (χ4n) is 4.83. The first-order valence-corrected chi connectivity index (χ1v) is 13.1. The molecule has 1 amide bonds. The van der Waals surface area contributed by atoms with Gasteiger partial charge in [-0.1, -0.05) is 43.0 Å². The number of piperidine rings is 1. The highest BCUT2D eigenvalue weighted by atomic mass is 32.2. The Morgan fingerprint density at radius 2 is 2.06 bits per heavy atom. The summed E-state index contributed by atoms with van der Waals surface area (Å²) in [6.07, 6.45) is 5.56. The lowest BCUT2D eigenvalue weighted by Crippen LogP contribution is -2.37. The number of hydrogen-bond donors (Lipinski definition) is 0. The van der Waals surface area contributed by atoms with Crippen molar-refractivity contribution < 1.29 is 14.3 Å². The molecule has 8 nitrogen and oxygen atoms in total.